The summed E-state index contributed by atoms with van der Waals surface area (Å²) in [6.45, 7) is 3.03. The highest BCUT2D eigenvalue weighted by atomic mass is 16.5. The molecule has 0 aliphatic rings. The average molecular weight is 451 g/mol. The maximum Gasteiger partial charge on any atom is 0.268 e. The van der Waals surface area contributed by atoms with Gasteiger partial charge < -0.3 is 23.9 Å². The summed E-state index contributed by atoms with van der Waals surface area (Å²) < 4.78 is 15.0. The third kappa shape index (κ3) is 4.24. The fourth-order valence-corrected chi connectivity index (χ4v) is 3.82. The van der Waals surface area contributed by atoms with Gasteiger partial charge in [-0.3, -0.25) is 18.8 Å². The Hall–Kier alpha value is -3.92. The highest BCUT2D eigenvalue weighted by Gasteiger charge is 2.19. The van der Waals surface area contributed by atoms with Crippen molar-refractivity contribution in [2.75, 3.05) is 27.4 Å². The van der Waals surface area contributed by atoms with Crippen LogP contribution in [0.25, 0.3) is 16.7 Å². The SMILES string of the molecule is COCCn1c(C(=O)NCCn2c(C)cc(OC)cc2=O)cc2c(=O)n3ccccc3nc21. The lowest BCUT2D eigenvalue weighted by Gasteiger charge is -2.13. The first-order chi connectivity index (χ1) is 15.9. The van der Waals surface area contributed by atoms with Gasteiger partial charge in [-0.05, 0) is 31.2 Å². The van der Waals surface area contributed by atoms with Gasteiger partial charge in [0.1, 0.15) is 22.7 Å². The van der Waals surface area contributed by atoms with Gasteiger partial charge in [-0.2, -0.15) is 0 Å². The predicted octanol–water partition coefficient (Wildman–Crippen LogP) is 1.20. The van der Waals surface area contributed by atoms with Gasteiger partial charge in [0.2, 0.25) is 0 Å². The van der Waals surface area contributed by atoms with Gasteiger partial charge in [-0.25, -0.2) is 4.98 Å². The summed E-state index contributed by atoms with van der Waals surface area (Å²) in [4.78, 5) is 42.9. The lowest BCUT2D eigenvalue weighted by Crippen LogP contribution is -2.32. The molecule has 0 fully saturated rings. The summed E-state index contributed by atoms with van der Waals surface area (Å²) in [5.74, 6) is 0.128. The van der Waals surface area contributed by atoms with E-state index in [1.165, 1.54) is 17.6 Å². The van der Waals surface area contributed by atoms with Crippen LogP contribution in [0.2, 0.25) is 0 Å². The first-order valence-electron chi connectivity index (χ1n) is 10.5. The number of carbonyl (C=O) groups excluding carboxylic acids is 1. The molecule has 0 radical (unpaired) electrons. The molecular formula is C23H25N5O5. The summed E-state index contributed by atoms with van der Waals surface area (Å²) in [6.07, 6.45) is 1.64. The number of hydrogen-bond acceptors (Lipinski definition) is 6. The smallest absolute Gasteiger partial charge is 0.268 e. The molecule has 4 rings (SSSR count). The largest absolute Gasteiger partial charge is 0.496 e. The number of pyridine rings is 2. The maximum absolute atomic E-state index is 13.0. The zero-order valence-corrected chi connectivity index (χ0v) is 18.7. The number of rotatable bonds is 8. The van der Waals surface area contributed by atoms with Gasteiger partial charge in [0, 0.05) is 44.7 Å². The molecule has 0 saturated carbocycles. The number of hydrogen-bond donors (Lipinski definition) is 1. The summed E-state index contributed by atoms with van der Waals surface area (Å²) in [5, 5.41) is 3.19. The van der Waals surface area contributed by atoms with Crippen molar-refractivity contribution in [1.29, 1.82) is 0 Å². The number of methoxy groups -OCH3 is 2. The van der Waals surface area contributed by atoms with Gasteiger partial charge in [-0.1, -0.05) is 6.07 Å². The topological polar surface area (TPSA) is 109 Å². The van der Waals surface area contributed by atoms with E-state index in [-0.39, 0.29) is 23.6 Å². The molecule has 4 aromatic heterocycles. The number of nitrogens with one attached hydrogen (secondary N) is 1. The van der Waals surface area contributed by atoms with E-state index in [0.717, 1.165) is 5.69 Å². The molecule has 0 aliphatic carbocycles. The van der Waals surface area contributed by atoms with Gasteiger partial charge in [0.15, 0.2) is 0 Å². The molecule has 0 saturated heterocycles. The lowest BCUT2D eigenvalue weighted by molar-refractivity contribution is 0.0940. The number of fused-ring (bicyclic) bond motifs is 2. The molecule has 4 aromatic rings. The predicted molar refractivity (Wildman–Crippen MR) is 123 cm³/mol. The number of ether oxygens (including phenoxy) is 2. The third-order valence-corrected chi connectivity index (χ3v) is 5.49. The van der Waals surface area contributed by atoms with Crippen molar-refractivity contribution < 1.29 is 14.3 Å². The van der Waals surface area contributed by atoms with E-state index in [9.17, 15) is 14.4 Å². The molecule has 1 amide bonds. The Bertz CT molecular complexity index is 1450. The van der Waals surface area contributed by atoms with Gasteiger partial charge in [0.25, 0.3) is 17.0 Å². The molecule has 0 atom stereocenters. The van der Waals surface area contributed by atoms with Gasteiger partial charge in [-0.15, -0.1) is 0 Å². The molecule has 10 nitrogen and oxygen atoms in total. The van der Waals surface area contributed by atoms with E-state index in [1.54, 1.807) is 59.7 Å². The van der Waals surface area contributed by atoms with Crippen LogP contribution in [0.1, 0.15) is 16.2 Å². The normalized spacial score (nSPS) is 11.2. The van der Waals surface area contributed by atoms with Crippen LogP contribution in [0.15, 0.2) is 52.2 Å². The Balaban J connectivity index is 1.63. The summed E-state index contributed by atoms with van der Waals surface area (Å²) in [6, 6.07) is 10.0. The second-order valence-electron chi connectivity index (χ2n) is 7.54. The molecule has 4 heterocycles. The van der Waals surface area contributed by atoms with Crippen LogP contribution in [0.3, 0.4) is 0 Å². The Morgan fingerprint density at radius 3 is 2.64 bits per heavy atom. The van der Waals surface area contributed by atoms with E-state index < -0.39 is 0 Å². The minimum atomic E-state index is -0.364. The van der Waals surface area contributed by atoms with Crippen LogP contribution < -0.4 is 21.2 Å². The molecule has 0 aromatic carbocycles. The Morgan fingerprint density at radius 1 is 1.09 bits per heavy atom. The molecule has 33 heavy (non-hydrogen) atoms. The van der Waals surface area contributed by atoms with Crippen LogP contribution in [0.4, 0.5) is 0 Å². The second-order valence-corrected chi connectivity index (χ2v) is 7.54. The van der Waals surface area contributed by atoms with E-state index in [2.05, 4.69) is 10.3 Å². The molecule has 10 heteroatoms. The van der Waals surface area contributed by atoms with Crippen molar-refractivity contribution in [3.63, 3.8) is 0 Å². The van der Waals surface area contributed by atoms with E-state index in [1.807, 2.05) is 0 Å². The van der Waals surface area contributed by atoms with Crippen LogP contribution in [0.5, 0.6) is 5.75 Å². The van der Waals surface area contributed by atoms with Crippen LogP contribution in [-0.2, 0) is 17.8 Å². The van der Waals surface area contributed by atoms with Crippen LogP contribution in [-0.4, -0.2) is 51.8 Å². The first kappa shape index (κ1) is 22.3. The second kappa shape index (κ2) is 9.29. The summed E-state index contributed by atoms with van der Waals surface area (Å²) in [7, 11) is 3.07. The quantitative estimate of drug-likeness (QED) is 0.431. The Kier molecular flexibility index (Phi) is 6.27. The third-order valence-electron chi connectivity index (χ3n) is 5.49. The molecule has 0 aliphatic heterocycles. The number of amides is 1. The number of aryl methyl sites for hydroxylation is 1. The monoisotopic (exact) mass is 451 g/mol. The lowest BCUT2D eigenvalue weighted by atomic mass is 10.3. The highest BCUT2D eigenvalue weighted by molar-refractivity contribution is 5.98. The number of carbonyl (C=O) groups is 1. The van der Waals surface area contributed by atoms with Crippen molar-refractivity contribution in [3.05, 3.63) is 74.7 Å². The van der Waals surface area contributed by atoms with Crippen molar-refractivity contribution in [2.24, 2.45) is 0 Å². The zero-order valence-electron chi connectivity index (χ0n) is 18.7. The minimum Gasteiger partial charge on any atom is -0.496 e. The minimum absolute atomic E-state index is 0.209. The molecular weight excluding hydrogens is 426 g/mol. The fourth-order valence-electron chi connectivity index (χ4n) is 3.82. The maximum atomic E-state index is 13.0. The molecule has 0 unspecified atom stereocenters. The van der Waals surface area contributed by atoms with E-state index >= 15 is 0 Å². The molecule has 172 valence electrons. The number of nitrogens with zero attached hydrogens (tertiary/aromatic N) is 4. The number of aromatic nitrogens is 4. The van der Waals surface area contributed by atoms with Crippen molar-refractivity contribution in [1.82, 2.24) is 23.8 Å². The first-order valence-corrected chi connectivity index (χ1v) is 10.5. The van der Waals surface area contributed by atoms with E-state index in [0.29, 0.717) is 47.8 Å². The van der Waals surface area contributed by atoms with Crippen molar-refractivity contribution in [2.45, 2.75) is 20.0 Å². The van der Waals surface area contributed by atoms with Crippen molar-refractivity contribution in [3.8, 4) is 5.75 Å². The molecule has 0 bridgehead atoms. The fraction of sp³-hybridized carbons (Fsp3) is 0.304. The van der Waals surface area contributed by atoms with Gasteiger partial charge >= 0.3 is 0 Å². The summed E-state index contributed by atoms with van der Waals surface area (Å²) in [5.41, 5.74) is 1.50. The average Bonchev–Trinajstić information content (AvgIpc) is 3.18. The van der Waals surface area contributed by atoms with Crippen LogP contribution >= 0.6 is 0 Å². The Labute approximate surface area is 189 Å². The standard InChI is InChI=1S/C23H25N5O5/c1-15-12-16(33-3)13-20(29)26(15)9-7-24-22(30)18-14-17-21(27(18)10-11-32-2)25-19-6-4-5-8-28(19)23(17)31/h4-6,8,12-14H,7,9-11H2,1-3H3,(H,24,30). The van der Waals surface area contributed by atoms with E-state index in [4.69, 9.17) is 9.47 Å². The van der Waals surface area contributed by atoms with Crippen LogP contribution in [0, 0.1) is 6.92 Å². The summed E-state index contributed by atoms with van der Waals surface area (Å²) >= 11 is 0. The molecule has 0 spiro atoms. The zero-order chi connectivity index (χ0) is 23.5. The van der Waals surface area contributed by atoms with Crippen molar-refractivity contribution >= 4 is 22.6 Å². The van der Waals surface area contributed by atoms with Gasteiger partial charge in [0.05, 0.1) is 19.1 Å². The Morgan fingerprint density at radius 2 is 1.91 bits per heavy atom. The molecule has 1 N–H and O–H groups in total. The highest BCUT2D eigenvalue weighted by Crippen LogP contribution is 2.17.